The van der Waals surface area contributed by atoms with E-state index in [2.05, 4.69) is 5.32 Å². The van der Waals surface area contributed by atoms with Gasteiger partial charge in [0.2, 0.25) is 0 Å². The Kier molecular flexibility index (Phi) is 5.70. The van der Waals surface area contributed by atoms with Crippen LogP contribution in [0, 0.1) is 11.7 Å². The number of benzene rings is 1. The lowest BCUT2D eigenvalue weighted by Gasteiger charge is -2.27. The minimum atomic E-state index is -0.534. The van der Waals surface area contributed by atoms with Gasteiger partial charge in [-0.1, -0.05) is 26.0 Å². The van der Waals surface area contributed by atoms with Crippen LogP contribution in [-0.4, -0.2) is 37.9 Å². The molecule has 0 unspecified atom stereocenters. The summed E-state index contributed by atoms with van der Waals surface area (Å²) in [5.74, 6) is -0.129. The zero-order valence-electron chi connectivity index (χ0n) is 12.5. The molecule has 2 rings (SSSR count). The van der Waals surface area contributed by atoms with Crippen molar-refractivity contribution in [3.63, 3.8) is 0 Å². The van der Waals surface area contributed by atoms with Crippen LogP contribution >= 0.6 is 0 Å². The Morgan fingerprint density at radius 2 is 2.05 bits per heavy atom. The lowest BCUT2D eigenvalue weighted by atomic mass is 9.96. The molecule has 116 valence electrons. The van der Waals surface area contributed by atoms with Crippen molar-refractivity contribution >= 4 is 5.91 Å². The third kappa shape index (κ3) is 4.79. The largest absolute Gasteiger partial charge is 0.376 e. The highest BCUT2D eigenvalue weighted by molar-refractivity contribution is 5.81. The van der Waals surface area contributed by atoms with Crippen LogP contribution in [0.15, 0.2) is 24.3 Å². The average Bonchev–Trinajstić information content (AvgIpc) is 2.49. The minimum absolute atomic E-state index is 0.0199. The van der Waals surface area contributed by atoms with E-state index in [0.29, 0.717) is 26.2 Å². The van der Waals surface area contributed by atoms with Crippen LogP contribution in [0.5, 0.6) is 0 Å². The molecular weight excluding hydrogens is 273 g/mol. The van der Waals surface area contributed by atoms with E-state index in [1.54, 1.807) is 12.1 Å². The van der Waals surface area contributed by atoms with Crippen LogP contribution in [0.25, 0.3) is 0 Å². The molecule has 1 aliphatic heterocycles. The van der Waals surface area contributed by atoms with E-state index in [1.807, 2.05) is 13.8 Å². The van der Waals surface area contributed by atoms with Crippen molar-refractivity contribution < 1.29 is 18.7 Å². The summed E-state index contributed by atoms with van der Waals surface area (Å²) in [7, 11) is 0. The third-order valence-corrected chi connectivity index (χ3v) is 3.61. The first-order chi connectivity index (χ1) is 10.1. The first-order valence-corrected chi connectivity index (χ1v) is 7.30. The van der Waals surface area contributed by atoms with E-state index in [-0.39, 0.29) is 23.7 Å². The molecule has 1 amide bonds. The van der Waals surface area contributed by atoms with E-state index in [0.717, 1.165) is 5.56 Å². The first kappa shape index (κ1) is 15.9. The predicted molar refractivity (Wildman–Crippen MR) is 77.4 cm³/mol. The number of hydrogen-bond acceptors (Lipinski definition) is 3. The van der Waals surface area contributed by atoms with E-state index < -0.39 is 6.10 Å². The smallest absolute Gasteiger partial charge is 0.251 e. The molecule has 1 saturated heterocycles. The van der Waals surface area contributed by atoms with Gasteiger partial charge >= 0.3 is 0 Å². The van der Waals surface area contributed by atoms with Gasteiger partial charge in [0, 0.05) is 6.04 Å². The van der Waals surface area contributed by atoms with Gasteiger partial charge in [0.1, 0.15) is 5.82 Å². The average molecular weight is 295 g/mol. The van der Waals surface area contributed by atoms with Gasteiger partial charge in [-0.25, -0.2) is 4.39 Å². The predicted octanol–water partition coefficient (Wildman–Crippen LogP) is 1.92. The second-order valence-electron chi connectivity index (χ2n) is 5.62. The van der Waals surface area contributed by atoms with E-state index in [4.69, 9.17) is 9.47 Å². The van der Waals surface area contributed by atoms with Crippen LogP contribution in [0.3, 0.4) is 0 Å². The molecule has 1 N–H and O–H groups in total. The molecule has 1 fully saturated rings. The van der Waals surface area contributed by atoms with E-state index in [1.165, 1.54) is 12.1 Å². The Morgan fingerprint density at radius 3 is 2.62 bits per heavy atom. The maximum absolute atomic E-state index is 12.9. The van der Waals surface area contributed by atoms with Crippen molar-refractivity contribution in [1.29, 1.82) is 0 Å². The number of hydrogen-bond donors (Lipinski definition) is 1. The fourth-order valence-corrected chi connectivity index (χ4v) is 2.24. The van der Waals surface area contributed by atoms with Crippen LogP contribution < -0.4 is 5.32 Å². The topological polar surface area (TPSA) is 47.6 Å². The van der Waals surface area contributed by atoms with Crippen LogP contribution in [0.1, 0.15) is 19.4 Å². The number of carbonyl (C=O) groups is 1. The molecule has 2 atom stereocenters. The Hall–Kier alpha value is -1.46. The summed E-state index contributed by atoms with van der Waals surface area (Å²) >= 11 is 0. The zero-order chi connectivity index (χ0) is 15.2. The lowest BCUT2D eigenvalue weighted by molar-refractivity contribution is -0.148. The van der Waals surface area contributed by atoms with Crippen LogP contribution in [0.4, 0.5) is 4.39 Å². The van der Waals surface area contributed by atoms with Gasteiger partial charge in [-0.3, -0.25) is 4.79 Å². The van der Waals surface area contributed by atoms with Crippen molar-refractivity contribution in [1.82, 2.24) is 5.32 Å². The maximum atomic E-state index is 12.9. The molecule has 21 heavy (non-hydrogen) atoms. The molecule has 0 spiro atoms. The number of nitrogens with one attached hydrogen (secondary N) is 1. The minimum Gasteiger partial charge on any atom is -0.376 e. The van der Waals surface area contributed by atoms with Crippen molar-refractivity contribution in [3.8, 4) is 0 Å². The summed E-state index contributed by atoms with van der Waals surface area (Å²) < 4.78 is 23.6. The highest BCUT2D eigenvalue weighted by Crippen LogP contribution is 2.12. The monoisotopic (exact) mass is 295 g/mol. The molecule has 1 heterocycles. The molecule has 5 heteroatoms. The van der Waals surface area contributed by atoms with Gasteiger partial charge < -0.3 is 14.8 Å². The summed E-state index contributed by atoms with van der Waals surface area (Å²) in [6.07, 6.45) is 0.130. The van der Waals surface area contributed by atoms with Gasteiger partial charge in [-0.05, 0) is 30.0 Å². The number of ether oxygens (including phenoxy) is 2. The summed E-state index contributed by atoms with van der Waals surface area (Å²) in [4.78, 5) is 12.2. The first-order valence-electron chi connectivity index (χ1n) is 7.30. The van der Waals surface area contributed by atoms with Gasteiger partial charge in [-0.2, -0.15) is 0 Å². The molecule has 0 aliphatic carbocycles. The molecule has 0 bridgehead atoms. The van der Waals surface area contributed by atoms with Gasteiger partial charge in [0.15, 0.2) is 6.10 Å². The Bertz CT molecular complexity index is 455. The quantitative estimate of drug-likeness (QED) is 0.903. The fourth-order valence-electron chi connectivity index (χ4n) is 2.24. The second-order valence-corrected chi connectivity index (χ2v) is 5.62. The van der Waals surface area contributed by atoms with Crippen molar-refractivity contribution in [3.05, 3.63) is 35.6 Å². The molecule has 1 aliphatic rings. The second kappa shape index (κ2) is 7.52. The number of carbonyl (C=O) groups excluding carboxylic acids is 1. The summed E-state index contributed by atoms with van der Waals surface area (Å²) in [6.45, 7) is 5.38. The highest BCUT2D eigenvalue weighted by Gasteiger charge is 2.26. The van der Waals surface area contributed by atoms with Crippen LogP contribution in [0.2, 0.25) is 0 Å². The van der Waals surface area contributed by atoms with Crippen LogP contribution in [-0.2, 0) is 20.7 Å². The number of amides is 1. The standard InChI is InChI=1S/C16H22FNO3/c1-11(2)14(9-12-3-5-13(17)6-4-12)18-16(19)15-10-20-7-8-21-15/h3-6,11,14-15H,7-10H2,1-2H3,(H,18,19)/t14-,15+/m1/s1. The zero-order valence-corrected chi connectivity index (χ0v) is 12.5. The Balaban J connectivity index is 1.95. The normalized spacial score (nSPS) is 20.3. The van der Waals surface area contributed by atoms with Crippen molar-refractivity contribution in [2.24, 2.45) is 5.92 Å². The summed E-state index contributed by atoms with van der Waals surface area (Å²) in [6, 6.07) is 6.35. The van der Waals surface area contributed by atoms with Gasteiger partial charge in [-0.15, -0.1) is 0 Å². The summed E-state index contributed by atoms with van der Waals surface area (Å²) in [5, 5.41) is 3.01. The molecule has 4 nitrogen and oxygen atoms in total. The molecule has 0 aromatic heterocycles. The van der Waals surface area contributed by atoms with Crippen molar-refractivity contribution in [2.45, 2.75) is 32.4 Å². The SMILES string of the molecule is CC(C)[C@@H](Cc1ccc(F)cc1)NC(=O)[C@@H]1COCCO1. The molecule has 1 aromatic carbocycles. The lowest BCUT2D eigenvalue weighted by Crippen LogP contribution is -2.48. The molecule has 0 radical (unpaired) electrons. The van der Waals surface area contributed by atoms with Gasteiger partial charge in [0.05, 0.1) is 19.8 Å². The Morgan fingerprint density at radius 1 is 1.33 bits per heavy atom. The van der Waals surface area contributed by atoms with E-state index in [9.17, 15) is 9.18 Å². The van der Waals surface area contributed by atoms with Crippen molar-refractivity contribution in [2.75, 3.05) is 19.8 Å². The van der Waals surface area contributed by atoms with Gasteiger partial charge in [0.25, 0.3) is 5.91 Å². The number of rotatable bonds is 5. The highest BCUT2D eigenvalue weighted by atomic mass is 19.1. The fraction of sp³-hybridized carbons (Fsp3) is 0.562. The third-order valence-electron chi connectivity index (χ3n) is 3.61. The Labute approximate surface area is 124 Å². The maximum Gasteiger partial charge on any atom is 0.251 e. The molecular formula is C16H22FNO3. The molecule has 1 aromatic rings. The summed E-state index contributed by atoms with van der Waals surface area (Å²) in [5.41, 5.74) is 0.996. The molecule has 0 saturated carbocycles. The van der Waals surface area contributed by atoms with E-state index >= 15 is 0 Å². The number of halogens is 1.